The normalized spacial score (nSPS) is 11.3. The minimum Gasteiger partial charge on any atom is -0.480 e. The Morgan fingerprint density at radius 3 is 2.39 bits per heavy atom. The van der Waals surface area contributed by atoms with Crippen molar-refractivity contribution in [2.75, 3.05) is 10.8 Å². The van der Waals surface area contributed by atoms with Crippen molar-refractivity contribution >= 4 is 60.8 Å². The van der Waals surface area contributed by atoms with Gasteiger partial charge in [-0.2, -0.15) is 0 Å². The van der Waals surface area contributed by atoms with E-state index in [4.69, 9.17) is 28.3 Å². The van der Waals surface area contributed by atoms with Gasteiger partial charge in [0.1, 0.15) is 6.54 Å². The molecule has 0 radical (unpaired) electrons. The standard InChI is InChI=1S/C14H10BrCl2NO4S/c15-9-2-1-3-10(6-9)18(8-14(19)20)23(21,22)11-4-5-12(16)13(17)7-11/h1-7H,8H2,(H,19,20). The lowest BCUT2D eigenvalue weighted by Gasteiger charge is -2.23. The Hall–Kier alpha value is -1.28. The molecule has 2 rings (SSSR count). The molecule has 0 aliphatic heterocycles. The molecule has 23 heavy (non-hydrogen) atoms. The molecule has 0 aliphatic carbocycles. The molecule has 2 aromatic rings. The van der Waals surface area contributed by atoms with Gasteiger partial charge in [0.25, 0.3) is 10.0 Å². The predicted octanol–water partition coefficient (Wildman–Crippen LogP) is 4.04. The number of anilines is 1. The molecule has 0 aromatic heterocycles. The Kier molecular flexibility index (Phi) is 5.57. The van der Waals surface area contributed by atoms with Gasteiger partial charge in [0, 0.05) is 4.47 Å². The predicted molar refractivity (Wildman–Crippen MR) is 92.8 cm³/mol. The summed E-state index contributed by atoms with van der Waals surface area (Å²) in [6.07, 6.45) is 0. The summed E-state index contributed by atoms with van der Waals surface area (Å²) in [6, 6.07) is 10.1. The Labute approximate surface area is 151 Å². The van der Waals surface area contributed by atoms with E-state index in [2.05, 4.69) is 15.9 Å². The number of halogens is 3. The van der Waals surface area contributed by atoms with E-state index >= 15 is 0 Å². The number of sulfonamides is 1. The second-order valence-electron chi connectivity index (χ2n) is 4.46. The van der Waals surface area contributed by atoms with Crippen LogP contribution in [-0.2, 0) is 14.8 Å². The van der Waals surface area contributed by atoms with E-state index in [-0.39, 0.29) is 20.6 Å². The fraction of sp³-hybridized carbons (Fsp3) is 0.0714. The maximum absolute atomic E-state index is 12.8. The van der Waals surface area contributed by atoms with E-state index < -0.39 is 22.5 Å². The molecule has 0 heterocycles. The average Bonchev–Trinajstić information content (AvgIpc) is 2.47. The third-order valence-electron chi connectivity index (χ3n) is 2.85. The molecule has 0 aliphatic rings. The first-order chi connectivity index (χ1) is 10.7. The monoisotopic (exact) mass is 437 g/mol. The molecule has 0 fully saturated rings. The van der Waals surface area contributed by atoms with Crippen LogP contribution in [0.1, 0.15) is 0 Å². The Morgan fingerprint density at radius 1 is 1.13 bits per heavy atom. The molecule has 0 unspecified atom stereocenters. The van der Waals surface area contributed by atoms with Crippen LogP contribution < -0.4 is 4.31 Å². The van der Waals surface area contributed by atoms with Crippen molar-refractivity contribution in [3.05, 3.63) is 57.0 Å². The van der Waals surface area contributed by atoms with Gasteiger partial charge < -0.3 is 5.11 Å². The van der Waals surface area contributed by atoms with Crippen LogP contribution in [-0.4, -0.2) is 26.0 Å². The molecule has 2 aromatic carbocycles. The van der Waals surface area contributed by atoms with Gasteiger partial charge in [0.05, 0.1) is 20.6 Å². The molecule has 0 bridgehead atoms. The van der Waals surface area contributed by atoms with Crippen molar-refractivity contribution in [3.8, 4) is 0 Å². The largest absolute Gasteiger partial charge is 0.480 e. The fourth-order valence-corrected chi connectivity index (χ4v) is 4.02. The summed E-state index contributed by atoms with van der Waals surface area (Å²) in [4.78, 5) is 11.0. The van der Waals surface area contributed by atoms with Crippen LogP contribution in [0.3, 0.4) is 0 Å². The first-order valence-electron chi connectivity index (χ1n) is 6.17. The number of rotatable bonds is 5. The van der Waals surface area contributed by atoms with Gasteiger partial charge in [-0.15, -0.1) is 0 Å². The molecule has 0 saturated heterocycles. The zero-order chi connectivity index (χ0) is 17.2. The van der Waals surface area contributed by atoms with Crippen molar-refractivity contribution in [2.45, 2.75) is 4.90 Å². The molecule has 9 heteroatoms. The second kappa shape index (κ2) is 7.09. The Bertz CT molecular complexity index is 858. The number of hydrogen-bond acceptors (Lipinski definition) is 3. The third-order valence-corrected chi connectivity index (χ3v) is 5.86. The van der Waals surface area contributed by atoms with E-state index in [1.165, 1.54) is 30.3 Å². The number of nitrogens with zero attached hydrogens (tertiary/aromatic N) is 1. The summed E-state index contributed by atoms with van der Waals surface area (Å²) in [6.45, 7) is -0.723. The zero-order valence-corrected chi connectivity index (χ0v) is 15.3. The summed E-state index contributed by atoms with van der Waals surface area (Å²) in [5, 5.41) is 9.33. The van der Waals surface area contributed by atoms with Gasteiger partial charge in [-0.3, -0.25) is 9.10 Å². The molecule has 0 saturated carbocycles. The topological polar surface area (TPSA) is 74.7 Å². The van der Waals surface area contributed by atoms with E-state index in [0.29, 0.717) is 4.47 Å². The van der Waals surface area contributed by atoms with Crippen LogP contribution in [0.25, 0.3) is 0 Å². The third kappa shape index (κ3) is 4.17. The highest BCUT2D eigenvalue weighted by Gasteiger charge is 2.27. The molecule has 1 N–H and O–H groups in total. The minimum atomic E-state index is -4.12. The highest BCUT2D eigenvalue weighted by molar-refractivity contribution is 9.10. The van der Waals surface area contributed by atoms with Gasteiger partial charge >= 0.3 is 5.97 Å². The first-order valence-corrected chi connectivity index (χ1v) is 9.16. The Morgan fingerprint density at radius 2 is 1.83 bits per heavy atom. The van der Waals surface area contributed by atoms with Crippen LogP contribution in [0.15, 0.2) is 51.8 Å². The summed E-state index contributed by atoms with van der Waals surface area (Å²) in [5.74, 6) is -1.28. The lowest BCUT2D eigenvalue weighted by Crippen LogP contribution is -2.35. The van der Waals surface area contributed by atoms with E-state index in [1.807, 2.05) is 0 Å². The number of benzene rings is 2. The molecule has 0 atom stereocenters. The maximum atomic E-state index is 12.8. The van der Waals surface area contributed by atoms with Crippen molar-refractivity contribution in [1.82, 2.24) is 0 Å². The van der Waals surface area contributed by atoms with Crippen molar-refractivity contribution in [1.29, 1.82) is 0 Å². The van der Waals surface area contributed by atoms with Gasteiger partial charge in [-0.05, 0) is 36.4 Å². The fourth-order valence-electron chi connectivity index (χ4n) is 1.83. The van der Waals surface area contributed by atoms with E-state index in [1.54, 1.807) is 12.1 Å². The van der Waals surface area contributed by atoms with Gasteiger partial charge in [0.15, 0.2) is 0 Å². The van der Waals surface area contributed by atoms with E-state index in [0.717, 1.165) is 4.31 Å². The van der Waals surface area contributed by atoms with Gasteiger partial charge in [0.2, 0.25) is 0 Å². The summed E-state index contributed by atoms with van der Waals surface area (Å²) < 4.78 is 27.0. The molecular weight excluding hydrogens is 429 g/mol. The van der Waals surface area contributed by atoms with Crippen LogP contribution in [0, 0.1) is 0 Å². The zero-order valence-electron chi connectivity index (χ0n) is 11.4. The summed E-state index contributed by atoms with van der Waals surface area (Å²) in [7, 11) is -4.12. The molecular formula is C14H10BrCl2NO4S. The van der Waals surface area contributed by atoms with E-state index in [9.17, 15) is 13.2 Å². The molecule has 0 spiro atoms. The quantitative estimate of drug-likeness (QED) is 0.764. The first kappa shape index (κ1) is 18.1. The number of carboxylic acid groups (broad SMARTS) is 1. The average molecular weight is 439 g/mol. The lowest BCUT2D eigenvalue weighted by molar-refractivity contribution is -0.135. The molecule has 0 amide bonds. The highest BCUT2D eigenvalue weighted by atomic mass is 79.9. The van der Waals surface area contributed by atoms with Crippen molar-refractivity contribution < 1.29 is 18.3 Å². The summed E-state index contributed by atoms with van der Waals surface area (Å²) >= 11 is 14.9. The molecule has 122 valence electrons. The minimum absolute atomic E-state index is 0.0669. The lowest BCUT2D eigenvalue weighted by atomic mass is 10.3. The maximum Gasteiger partial charge on any atom is 0.324 e. The summed E-state index contributed by atoms with van der Waals surface area (Å²) in [5.41, 5.74) is 0.216. The van der Waals surface area contributed by atoms with Crippen molar-refractivity contribution in [3.63, 3.8) is 0 Å². The number of hydrogen-bond donors (Lipinski definition) is 1. The number of aliphatic carboxylic acids is 1. The number of carbonyl (C=O) groups is 1. The Balaban J connectivity index is 2.57. The van der Waals surface area contributed by atoms with Crippen LogP contribution in [0.5, 0.6) is 0 Å². The van der Waals surface area contributed by atoms with Crippen LogP contribution in [0.4, 0.5) is 5.69 Å². The SMILES string of the molecule is O=C(O)CN(c1cccc(Br)c1)S(=O)(=O)c1ccc(Cl)c(Cl)c1. The second-order valence-corrected chi connectivity index (χ2v) is 8.05. The van der Waals surface area contributed by atoms with Gasteiger partial charge in [-0.25, -0.2) is 8.42 Å². The van der Waals surface area contributed by atoms with Crippen molar-refractivity contribution in [2.24, 2.45) is 0 Å². The number of carboxylic acids is 1. The smallest absolute Gasteiger partial charge is 0.324 e. The van der Waals surface area contributed by atoms with Crippen LogP contribution >= 0.6 is 39.1 Å². The molecule has 5 nitrogen and oxygen atoms in total. The van der Waals surface area contributed by atoms with Gasteiger partial charge in [-0.1, -0.05) is 45.2 Å². The highest BCUT2D eigenvalue weighted by Crippen LogP contribution is 2.30. The van der Waals surface area contributed by atoms with Crippen LogP contribution in [0.2, 0.25) is 10.0 Å².